The molecular weight excluding hydrogens is 242 g/mol. The zero-order valence-electron chi connectivity index (χ0n) is 9.26. The number of aromatic nitrogens is 3. The third-order valence-electron chi connectivity index (χ3n) is 2.26. The van der Waals surface area contributed by atoms with Crippen LogP contribution in [0, 0.1) is 20.2 Å². The second-order valence-corrected chi connectivity index (χ2v) is 3.54. The molecule has 0 fully saturated rings. The number of aryl methyl sites for hydroxylation is 1. The molecule has 1 heterocycles. The second-order valence-electron chi connectivity index (χ2n) is 3.54. The minimum Gasteiger partial charge on any atom is -0.258 e. The zero-order valence-corrected chi connectivity index (χ0v) is 9.26. The third-order valence-corrected chi connectivity index (χ3v) is 2.26. The monoisotopic (exact) mass is 250 g/mol. The largest absolute Gasteiger partial charge is 0.318 e. The van der Waals surface area contributed by atoms with E-state index in [0.717, 1.165) is 6.07 Å². The van der Waals surface area contributed by atoms with E-state index in [1.54, 1.807) is 11.6 Å². The number of nitro groups is 2. The molecule has 0 atom stereocenters. The maximum absolute atomic E-state index is 10.9. The highest BCUT2D eigenvalue weighted by Gasteiger charge is 2.24. The smallest absolute Gasteiger partial charge is 0.258 e. The summed E-state index contributed by atoms with van der Waals surface area (Å²) in [4.78, 5) is 20.1. The molecule has 0 aliphatic rings. The van der Waals surface area contributed by atoms with Gasteiger partial charge in [-0.15, -0.1) is 0 Å². The fourth-order valence-electron chi connectivity index (χ4n) is 1.46. The molecule has 0 radical (unpaired) electrons. The van der Waals surface area contributed by atoms with Gasteiger partial charge in [-0.3, -0.25) is 20.2 Å². The summed E-state index contributed by atoms with van der Waals surface area (Å²) < 4.78 is 2.88. The Morgan fingerprint density at radius 2 is 2.00 bits per heavy atom. The van der Waals surface area contributed by atoms with Gasteiger partial charge < -0.3 is 0 Å². The normalized spacial score (nSPS) is 10.3. The number of hydrogen-bond donors (Lipinski definition) is 0. The molecule has 9 nitrogen and oxygen atoms in total. The van der Waals surface area contributed by atoms with E-state index in [-0.39, 0.29) is 17.1 Å². The lowest BCUT2D eigenvalue weighted by Crippen LogP contribution is -2.23. The van der Waals surface area contributed by atoms with Crippen molar-refractivity contribution in [3.8, 4) is 5.69 Å². The number of nitrogens with zero attached hydrogens (tertiary/aromatic N) is 5. The highest BCUT2D eigenvalue weighted by Crippen LogP contribution is 2.26. The van der Waals surface area contributed by atoms with Crippen molar-refractivity contribution in [3.05, 3.63) is 51.1 Å². The molecule has 0 saturated carbocycles. The van der Waals surface area contributed by atoms with Crippen LogP contribution in [0.1, 0.15) is 0 Å². The molecule has 0 amide bonds. The van der Waals surface area contributed by atoms with Gasteiger partial charge in [0.2, 0.25) is 12.0 Å². The fraction of sp³-hybridized carbons (Fsp3) is 0.111. The predicted molar refractivity (Wildman–Crippen MR) is 58.0 cm³/mol. The molecule has 1 aromatic carbocycles. The van der Waals surface area contributed by atoms with Crippen LogP contribution in [0.25, 0.3) is 5.69 Å². The third kappa shape index (κ3) is 2.00. The molecule has 2 rings (SSSR count). The average Bonchev–Trinajstić information content (AvgIpc) is 2.74. The lowest BCUT2D eigenvalue weighted by atomic mass is 10.2. The Bertz CT molecular complexity index is 636. The summed E-state index contributed by atoms with van der Waals surface area (Å²) in [5, 5.41) is 25.4. The summed E-state index contributed by atoms with van der Waals surface area (Å²) in [6.45, 7) is 0. The number of rotatable bonds is 3. The molecule has 0 bridgehead atoms. The predicted octanol–water partition coefficient (Wildman–Crippen LogP) is 0.513. The van der Waals surface area contributed by atoms with E-state index in [9.17, 15) is 20.2 Å². The maximum Gasteiger partial charge on any atom is 0.318 e. The van der Waals surface area contributed by atoms with Crippen LogP contribution in [-0.4, -0.2) is 19.6 Å². The molecule has 2 aromatic rings. The molecule has 0 spiro atoms. The summed E-state index contributed by atoms with van der Waals surface area (Å²) in [5.74, 6) is 0. The summed E-state index contributed by atoms with van der Waals surface area (Å²) in [6, 6.07) is 3.41. The Morgan fingerprint density at radius 3 is 2.50 bits per heavy atom. The second kappa shape index (κ2) is 4.20. The van der Waals surface area contributed by atoms with Crippen LogP contribution in [0.3, 0.4) is 0 Å². The van der Waals surface area contributed by atoms with Gasteiger partial charge in [-0.1, -0.05) is 4.68 Å². The van der Waals surface area contributed by atoms with Gasteiger partial charge in [-0.25, -0.2) is 4.57 Å². The van der Waals surface area contributed by atoms with Gasteiger partial charge in [0.15, 0.2) is 0 Å². The van der Waals surface area contributed by atoms with E-state index in [2.05, 4.69) is 5.10 Å². The number of non-ortho nitro benzene ring substituents is 1. The minimum absolute atomic E-state index is 0.172. The lowest BCUT2D eigenvalue weighted by Gasteiger charge is -1.97. The van der Waals surface area contributed by atoms with Crippen LogP contribution < -0.4 is 4.57 Å². The van der Waals surface area contributed by atoms with Crippen molar-refractivity contribution in [2.24, 2.45) is 7.05 Å². The van der Waals surface area contributed by atoms with E-state index >= 15 is 0 Å². The molecule has 0 saturated heterocycles. The molecular formula is C9H8N5O4+. The van der Waals surface area contributed by atoms with Crippen molar-refractivity contribution in [2.75, 3.05) is 0 Å². The lowest BCUT2D eigenvalue weighted by molar-refractivity contribution is -0.672. The van der Waals surface area contributed by atoms with E-state index in [1.807, 2.05) is 0 Å². The molecule has 1 aromatic heterocycles. The van der Waals surface area contributed by atoms with Crippen molar-refractivity contribution in [1.82, 2.24) is 9.78 Å². The Balaban J connectivity index is 2.60. The summed E-state index contributed by atoms with van der Waals surface area (Å²) in [5.41, 5.74) is -0.527. The number of nitro benzene ring substituents is 2. The highest BCUT2D eigenvalue weighted by molar-refractivity contribution is 5.57. The van der Waals surface area contributed by atoms with E-state index in [1.165, 1.54) is 29.5 Å². The van der Waals surface area contributed by atoms with E-state index < -0.39 is 9.85 Å². The van der Waals surface area contributed by atoms with Crippen LogP contribution in [0.5, 0.6) is 0 Å². The first-order chi connectivity index (χ1) is 8.49. The summed E-state index contributed by atoms with van der Waals surface area (Å²) in [6.07, 6.45) is 2.99. The summed E-state index contributed by atoms with van der Waals surface area (Å²) >= 11 is 0. The van der Waals surface area contributed by atoms with Crippen molar-refractivity contribution < 1.29 is 14.4 Å². The Labute approximate surface area is 100 Å². The van der Waals surface area contributed by atoms with E-state index in [4.69, 9.17) is 0 Å². The van der Waals surface area contributed by atoms with Gasteiger partial charge in [0.1, 0.15) is 0 Å². The van der Waals surface area contributed by atoms with Crippen LogP contribution in [0.15, 0.2) is 30.9 Å². The standard InChI is InChI=1S/C9H8N5O4/c1-11-5-10-12(6-11)8-3-2-7(13(15)16)4-9(8)14(17)18/h2-6H,1H3/q+1. The van der Waals surface area contributed by atoms with Crippen LogP contribution in [-0.2, 0) is 7.05 Å². The highest BCUT2D eigenvalue weighted by atomic mass is 16.6. The van der Waals surface area contributed by atoms with Crippen LogP contribution >= 0.6 is 0 Å². The van der Waals surface area contributed by atoms with Gasteiger partial charge >= 0.3 is 5.69 Å². The van der Waals surface area contributed by atoms with Crippen LogP contribution in [0.4, 0.5) is 11.4 Å². The maximum atomic E-state index is 10.9. The first kappa shape index (κ1) is 11.6. The molecule has 92 valence electrons. The van der Waals surface area contributed by atoms with Gasteiger partial charge in [0.25, 0.3) is 12.0 Å². The average molecular weight is 250 g/mol. The first-order valence-electron chi connectivity index (χ1n) is 4.82. The molecule has 0 aliphatic heterocycles. The van der Waals surface area contributed by atoms with Gasteiger partial charge in [-0.2, -0.15) is 0 Å². The van der Waals surface area contributed by atoms with Crippen molar-refractivity contribution in [3.63, 3.8) is 0 Å². The Morgan fingerprint density at radius 1 is 1.28 bits per heavy atom. The van der Waals surface area contributed by atoms with E-state index in [0.29, 0.717) is 0 Å². The first-order valence-corrected chi connectivity index (χ1v) is 4.82. The van der Waals surface area contributed by atoms with Crippen LogP contribution in [0.2, 0.25) is 0 Å². The molecule has 0 unspecified atom stereocenters. The summed E-state index contributed by atoms with van der Waals surface area (Å²) in [7, 11) is 1.71. The molecule has 0 aliphatic carbocycles. The fourth-order valence-corrected chi connectivity index (χ4v) is 1.46. The zero-order chi connectivity index (χ0) is 13.3. The molecule has 0 N–H and O–H groups in total. The SMILES string of the molecule is C[n+]1cnn(-c2ccc([N+](=O)[O-])cc2[N+](=O)[O-])c1. The molecule has 18 heavy (non-hydrogen) atoms. The Kier molecular flexibility index (Phi) is 2.72. The quantitative estimate of drug-likeness (QED) is 0.448. The topological polar surface area (TPSA) is 108 Å². The Hall–Kier alpha value is -2.84. The number of hydrogen-bond acceptors (Lipinski definition) is 5. The van der Waals surface area contributed by atoms with Gasteiger partial charge in [-0.05, 0) is 6.07 Å². The minimum atomic E-state index is -0.681. The number of benzene rings is 1. The van der Waals surface area contributed by atoms with Crippen molar-refractivity contribution in [1.29, 1.82) is 0 Å². The molecule has 9 heteroatoms. The van der Waals surface area contributed by atoms with Crippen molar-refractivity contribution >= 4 is 11.4 Å². The van der Waals surface area contributed by atoms with Gasteiger partial charge in [0.05, 0.1) is 23.0 Å². The van der Waals surface area contributed by atoms with Crippen molar-refractivity contribution in [2.45, 2.75) is 0 Å². The van der Waals surface area contributed by atoms with Gasteiger partial charge in [0, 0.05) is 11.2 Å².